The predicted molar refractivity (Wildman–Crippen MR) is 106 cm³/mol. The Kier molecular flexibility index (Phi) is 5.96. The Hall–Kier alpha value is -3.54. The zero-order valence-electron chi connectivity index (χ0n) is 15.9. The number of hydrogen-bond donors (Lipinski definition) is 2. The van der Waals surface area contributed by atoms with E-state index in [1.165, 1.54) is 30.6 Å². The fraction of sp³-hybridized carbons (Fsp3) is 0.278. The van der Waals surface area contributed by atoms with Gasteiger partial charge in [0, 0.05) is 44.5 Å². The molecule has 1 aliphatic rings. The molecular formula is C18H19N5O6S. The van der Waals surface area contributed by atoms with Gasteiger partial charge in [-0.1, -0.05) is 0 Å². The van der Waals surface area contributed by atoms with Gasteiger partial charge in [-0.15, -0.1) is 0 Å². The molecule has 1 aromatic heterocycles. The molecular weight excluding hydrogens is 414 g/mol. The minimum absolute atomic E-state index is 0.00194. The number of nitrogens with one attached hydrogen (secondary N) is 2. The highest BCUT2D eigenvalue weighted by Gasteiger charge is 2.28. The van der Waals surface area contributed by atoms with Gasteiger partial charge < -0.3 is 10.2 Å². The van der Waals surface area contributed by atoms with E-state index in [2.05, 4.69) is 10.3 Å². The Balaban J connectivity index is 1.79. The van der Waals surface area contributed by atoms with Gasteiger partial charge in [-0.25, -0.2) is 13.1 Å². The van der Waals surface area contributed by atoms with Gasteiger partial charge in [0.2, 0.25) is 5.91 Å². The highest BCUT2D eigenvalue weighted by Crippen LogP contribution is 2.28. The molecule has 0 spiro atoms. The van der Waals surface area contributed by atoms with Crippen LogP contribution in [-0.2, 0) is 14.8 Å². The molecule has 158 valence electrons. The number of likely N-dealkylation sites (tertiary alicyclic amines) is 1. The molecule has 30 heavy (non-hydrogen) atoms. The SMILES string of the molecule is CN1C(=O)CCC1CNc1ccc(S(=O)(=O)NC(=O)c2cccnc2)cc1[N+](=O)[O-]. The maximum absolute atomic E-state index is 12.5. The third-order valence-electron chi connectivity index (χ3n) is 4.79. The second kappa shape index (κ2) is 8.45. The van der Waals surface area contributed by atoms with Crippen LogP contribution in [0.2, 0.25) is 0 Å². The van der Waals surface area contributed by atoms with Gasteiger partial charge in [0.25, 0.3) is 21.6 Å². The van der Waals surface area contributed by atoms with Crippen molar-refractivity contribution in [3.8, 4) is 0 Å². The third-order valence-corrected chi connectivity index (χ3v) is 6.12. The predicted octanol–water partition coefficient (Wildman–Crippen LogP) is 1.14. The molecule has 12 heteroatoms. The number of rotatable bonds is 7. The van der Waals surface area contributed by atoms with Crippen molar-refractivity contribution in [3.05, 3.63) is 58.4 Å². The highest BCUT2D eigenvalue weighted by molar-refractivity contribution is 7.90. The number of aromatic nitrogens is 1. The number of likely N-dealkylation sites (N-methyl/N-ethyl adjacent to an activating group) is 1. The number of anilines is 1. The standard InChI is InChI=1S/C18H19N5O6S/c1-22-13(4-7-17(22)24)11-20-15-6-5-14(9-16(15)23(26)27)30(28,29)21-18(25)12-3-2-8-19-10-12/h2-3,5-6,8-10,13,20H,4,7,11H2,1H3,(H,21,25). The number of nitrogens with zero attached hydrogens (tertiary/aromatic N) is 3. The van der Waals surface area contributed by atoms with Gasteiger partial charge in [-0.3, -0.25) is 24.7 Å². The van der Waals surface area contributed by atoms with Crippen molar-refractivity contribution in [2.75, 3.05) is 18.9 Å². The average molecular weight is 433 g/mol. The van der Waals surface area contributed by atoms with Gasteiger partial charge >= 0.3 is 0 Å². The van der Waals surface area contributed by atoms with Crippen LogP contribution in [0.5, 0.6) is 0 Å². The van der Waals surface area contributed by atoms with Crippen molar-refractivity contribution in [2.24, 2.45) is 0 Å². The van der Waals surface area contributed by atoms with E-state index in [4.69, 9.17) is 0 Å². The number of carbonyl (C=O) groups is 2. The van der Waals surface area contributed by atoms with Gasteiger partial charge in [-0.05, 0) is 30.7 Å². The summed E-state index contributed by atoms with van der Waals surface area (Å²) < 4.78 is 26.9. The van der Waals surface area contributed by atoms with E-state index < -0.39 is 31.4 Å². The summed E-state index contributed by atoms with van der Waals surface area (Å²) in [4.78, 5) is 39.4. The summed E-state index contributed by atoms with van der Waals surface area (Å²) >= 11 is 0. The summed E-state index contributed by atoms with van der Waals surface area (Å²) in [5.74, 6) is -0.899. The normalized spacial score (nSPS) is 16.4. The van der Waals surface area contributed by atoms with Crippen LogP contribution in [0.4, 0.5) is 11.4 Å². The molecule has 0 aliphatic carbocycles. The van der Waals surface area contributed by atoms with E-state index in [9.17, 15) is 28.1 Å². The number of amides is 2. The second-order valence-electron chi connectivity index (χ2n) is 6.69. The first kappa shape index (κ1) is 21.2. The molecule has 2 amide bonds. The molecule has 1 fully saturated rings. The second-order valence-corrected chi connectivity index (χ2v) is 8.37. The molecule has 1 atom stereocenters. The van der Waals surface area contributed by atoms with E-state index in [0.717, 1.165) is 12.1 Å². The molecule has 2 heterocycles. The number of pyridine rings is 1. The lowest BCUT2D eigenvalue weighted by Gasteiger charge is -2.20. The Bertz CT molecular complexity index is 1090. The number of carbonyl (C=O) groups excluding carboxylic acids is 2. The van der Waals surface area contributed by atoms with Crippen molar-refractivity contribution in [3.63, 3.8) is 0 Å². The van der Waals surface area contributed by atoms with Crippen LogP contribution >= 0.6 is 0 Å². The molecule has 0 bridgehead atoms. The molecule has 2 aromatic rings. The molecule has 1 aliphatic heterocycles. The van der Waals surface area contributed by atoms with E-state index in [1.54, 1.807) is 11.9 Å². The third kappa shape index (κ3) is 4.54. The average Bonchev–Trinajstić information content (AvgIpc) is 3.04. The highest BCUT2D eigenvalue weighted by atomic mass is 32.2. The van der Waals surface area contributed by atoms with E-state index in [-0.39, 0.29) is 29.7 Å². The van der Waals surface area contributed by atoms with Gasteiger partial charge in [0.1, 0.15) is 5.69 Å². The first-order valence-electron chi connectivity index (χ1n) is 8.94. The Morgan fingerprint density at radius 2 is 2.13 bits per heavy atom. The Labute approximate surface area is 172 Å². The first-order chi connectivity index (χ1) is 14.2. The summed E-state index contributed by atoms with van der Waals surface area (Å²) in [5, 5.41) is 14.4. The molecule has 2 N–H and O–H groups in total. The maximum Gasteiger partial charge on any atom is 0.293 e. The molecule has 0 saturated carbocycles. The number of hydrogen-bond acceptors (Lipinski definition) is 8. The van der Waals surface area contributed by atoms with Gasteiger partial charge in [-0.2, -0.15) is 0 Å². The minimum atomic E-state index is -4.34. The number of benzene rings is 1. The summed E-state index contributed by atoms with van der Waals surface area (Å²) in [6, 6.07) is 6.06. The van der Waals surface area contributed by atoms with E-state index in [0.29, 0.717) is 12.8 Å². The zero-order chi connectivity index (χ0) is 21.9. The lowest BCUT2D eigenvalue weighted by molar-refractivity contribution is -0.384. The fourth-order valence-corrected chi connectivity index (χ4v) is 4.04. The van der Waals surface area contributed by atoms with E-state index in [1.807, 2.05) is 4.72 Å². The number of nitro benzene ring substituents is 1. The number of nitro groups is 1. The summed E-state index contributed by atoms with van der Waals surface area (Å²) in [7, 11) is -2.68. The monoisotopic (exact) mass is 433 g/mol. The summed E-state index contributed by atoms with van der Waals surface area (Å²) in [6.45, 7) is 0.285. The van der Waals surface area contributed by atoms with Crippen LogP contribution in [0.1, 0.15) is 23.2 Å². The van der Waals surface area contributed by atoms with Crippen molar-refractivity contribution in [1.82, 2.24) is 14.6 Å². The Morgan fingerprint density at radius 1 is 1.37 bits per heavy atom. The van der Waals surface area contributed by atoms with Crippen LogP contribution in [-0.4, -0.2) is 54.7 Å². The largest absolute Gasteiger partial charge is 0.377 e. The molecule has 3 rings (SSSR count). The fourth-order valence-electron chi connectivity index (χ4n) is 3.05. The van der Waals surface area contributed by atoms with Crippen LogP contribution in [0.25, 0.3) is 0 Å². The summed E-state index contributed by atoms with van der Waals surface area (Å²) in [6.07, 6.45) is 3.67. The smallest absolute Gasteiger partial charge is 0.293 e. The molecule has 1 aromatic carbocycles. The van der Waals surface area contributed by atoms with E-state index >= 15 is 0 Å². The van der Waals surface area contributed by atoms with Crippen LogP contribution < -0.4 is 10.0 Å². The topological polar surface area (TPSA) is 152 Å². The molecule has 11 nitrogen and oxygen atoms in total. The molecule has 0 radical (unpaired) electrons. The Morgan fingerprint density at radius 3 is 2.73 bits per heavy atom. The van der Waals surface area contributed by atoms with Crippen molar-refractivity contribution >= 4 is 33.2 Å². The van der Waals surface area contributed by atoms with Crippen molar-refractivity contribution in [1.29, 1.82) is 0 Å². The van der Waals surface area contributed by atoms with Crippen LogP contribution in [0, 0.1) is 10.1 Å². The van der Waals surface area contributed by atoms with Crippen molar-refractivity contribution < 1.29 is 22.9 Å². The van der Waals surface area contributed by atoms with Crippen LogP contribution in [0.3, 0.4) is 0 Å². The van der Waals surface area contributed by atoms with Crippen LogP contribution in [0.15, 0.2) is 47.6 Å². The molecule has 1 unspecified atom stereocenters. The maximum atomic E-state index is 12.5. The first-order valence-corrected chi connectivity index (χ1v) is 10.4. The number of sulfonamides is 1. The molecule has 1 saturated heterocycles. The van der Waals surface area contributed by atoms with Crippen molar-refractivity contribution in [2.45, 2.75) is 23.8 Å². The quantitative estimate of drug-likeness (QED) is 0.487. The lowest BCUT2D eigenvalue weighted by atomic mass is 10.2. The zero-order valence-corrected chi connectivity index (χ0v) is 16.8. The summed E-state index contributed by atoms with van der Waals surface area (Å²) in [5.41, 5.74) is -0.312. The van der Waals surface area contributed by atoms with Gasteiger partial charge in [0.05, 0.1) is 15.4 Å². The van der Waals surface area contributed by atoms with Gasteiger partial charge in [0.15, 0.2) is 0 Å². The minimum Gasteiger partial charge on any atom is -0.377 e. The lowest BCUT2D eigenvalue weighted by Crippen LogP contribution is -2.34.